The zero-order chi connectivity index (χ0) is 14.1. The average molecular weight is 274 g/mol. The van der Waals surface area contributed by atoms with Gasteiger partial charge in [0.05, 0.1) is 0 Å². The van der Waals surface area contributed by atoms with E-state index in [1.807, 2.05) is 0 Å². The van der Waals surface area contributed by atoms with E-state index in [0.29, 0.717) is 11.2 Å². The minimum absolute atomic E-state index is 0.0495. The minimum atomic E-state index is -1.10. The molecule has 9 nitrogen and oxygen atoms in total. The Labute approximate surface area is 111 Å². The third kappa shape index (κ3) is 2.10. The molecule has 102 valence electrons. The van der Waals surface area contributed by atoms with Gasteiger partial charge in [0.15, 0.2) is 5.69 Å². The lowest BCUT2D eigenvalue weighted by Crippen LogP contribution is -2.05. The summed E-state index contributed by atoms with van der Waals surface area (Å²) in [6, 6.07) is 3.51. The first-order valence-electron chi connectivity index (χ1n) is 5.76. The Morgan fingerprint density at radius 2 is 2.35 bits per heavy atom. The fourth-order valence-electron chi connectivity index (χ4n) is 1.94. The van der Waals surface area contributed by atoms with Crippen LogP contribution in [0.1, 0.15) is 28.0 Å². The molecule has 0 aliphatic heterocycles. The zero-order valence-electron chi connectivity index (χ0n) is 10.1. The van der Waals surface area contributed by atoms with Crippen molar-refractivity contribution in [2.24, 2.45) is 0 Å². The maximum absolute atomic E-state index is 10.9. The number of nitrogens with one attached hydrogen (secondary N) is 1. The number of pyridine rings is 1. The highest BCUT2D eigenvalue weighted by molar-refractivity contribution is 5.86. The Bertz CT molecular complexity index is 751. The summed E-state index contributed by atoms with van der Waals surface area (Å²) < 4.78 is 1.60. The molecule has 0 aliphatic carbocycles. The van der Waals surface area contributed by atoms with Gasteiger partial charge in [-0.15, -0.1) is 10.2 Å². The molecule has 0 bridgehead atoms. The summed E-state index contributed by atoms with van der Waals surface area (Å²) >= 11 is 0. The lowest BCUT2D eigenvalue weighted by Gasteiger charge is -2.07. The van der Waals surface area contributed by atoms with Gasteiger partial charge in [0.25, 0.3) is 0 Å². The highest BCUT2D eigenvalue weighted by Gasteiger charge is 2.17. The van der Waals surface area contributed by atoms with Crippen LogP contribution in [0.4, 0.5) is 0 Å². The Morgan fingerprint density at radius 3 is 3.05 bits per heavy atom. The number of carboxylic acids is 1. The van der Waals surface area contributed by atoms with E-state index in [1.165, 1.54) is 6.20 Å². The number of hydrogen-bond acceptors (Lipinski definition) is 6. The Balaban J connectivity index is 1.97. The van der Waals surface area contributed by atoms with E-state index in [-0.39, 0.29) is 17.9 Å². The van der Waals surface area contributed by atoms with Gasteiger partial charge in [-0.05, 0) is 11.6 Å². The number of aliphatic hydroxyl groups excluding tert-OH is 1. The predicted molar refractivity (Wildman–Crippen MR) is 65.0 cm³/mol. The monoisotopic (exact) mass is 274 g/mol. The van der Waals surface area contributed by atoms with Crippen molar-refractivity contribution in [2.45, 2.75) is 12.5 Å². The van der Waals surface area contributed by atoms with Crippen LogP contribution in [0.2, 0.25) is 0 Å². The van der Waals surface area contributed by atoms with Gasteiger partial charge in [0.2, 0.25) is 5.82 Å². The summed E-state index contributed by atoms with van der Waals surface area (Å²) in [6.07, 6.45) is 2.38. The molecule has 3 rings (SSSR count). The van der Waals surface area contributed by atoms with Gasteiger partial charge >= 0.3 is 5.97 Å². The quantitative estimate of drug-likeness (QED) is 0.601. The number of aromatic nitrogens is 6. The van der Waals surface area contributed by atoms with Crippen LogP contribution in [0.5, 0.6) is 0 Å². The molecule has 0 aromatic carbocycles. The van der Waals surface area contributed by atoms with Gasteiger partial charge in [0.1, 0.15) is 11.8 Å². The molecule has 0 fully saturated rings. The third-order valence-electron chi connectivity index (χ3n) is 2.86. The first kappa shape index (κ1) is 12.2. The SMILES string of the molecule is O=C(O)c1cn2cccc(CC(O)c3nn[nH]n3)c2n1. The second kappa shape index (κ2) is 4.70. The summed E-state index contributed by atoms with van der Waals surface area (Å²) in [5.41, 5.74) is 1.12. The number of tetrazole rings is 1. The van der Waals surface area contributed by atoms with Crippen molar-refractivity contribution in [3.8, 4) is 0 Å². The summed E-state index contributed by atoms with van der Waals surface area (Å²) in [6.45, 7) is 0. The number of carboxylic acid groups (broad SMARTS) is 1. The van der Waals surface area contributed by atoms with E-state index < -0.39 is 12.1 Å². The number of aliphatic hydroxyl groups is 1. The molecule has 1 atom stereocenters. The van der Waals surface area contributed by atoms with Gasteiger partial charge in [-0.25, -0.2) is 9.78 Å². The first-order valence-corrected chi connectivity index (χ1v) is 5.76. The van der Waals surface area contributed by atoms with Gasteiger partial charge in [-0.1, -0.05) is 11.3 Å². The van der Waals surface area contributed by atoms with Crippen molar-refractivity contribution in [3.05, 3.63) is 41.6 Å². The van der Waals surface area contributed by atoms with Gasteiger partial charge in [0, 0.05) is 18.8 Å². The maximum atomic E-state index is 10.9. The van der Waals surface area contributed by atoms with E-state index in [2.05, 4.69) is 25.6 Å². The van der Waals surface area contributed by atoms with E-state index in [0.717, 1.165) is 0 Å². The number of aromatic amines is 1. The molecular weight excluding hydrogens is 264 g/mol. The number of fused-ring (bicyclic) bond motifs is 1. The minimum Gasteiger partial charge on any atom is -0.476 e. The third-order valence-corrected chi connectivity index (χ3v) is 2.86. The molecule has 1 unspecified atom stereocenters. The fraction of sp³-hybridized carbons (Fsp3) is 0.182. The number of rotatable bonds is 4. The fourth-order valence-corrected chi connectivity index (χ4v) is 1.94. The van der Waals surface area contributed by atoms with Crippen LogP contribution in [0.15, 0.2) is 24.5 Å². The molecule has 0 spiro atoms. The van der Waals surface area contributed by atoms with Crippen molar-refractivity contribution in [1.82, 2.24) is 30.0 Å². The van der Waals surface area contributed by atoms with Crippen LogP contribution in [-0.4, -0.2) is 46.2 Å². The molecule has 0 amide bonds. The number of hydrogen-bond donors (Lipinski definition) is 3. The lowest BCUT2D eigenvalue weighted by molar-refractivity contribution is 0.0691. The van der Waals surface area contributed by atoms with E-state index in [4.69, 9.17) is 5.11 Å². The largest absolute Gasteiger partial charge is 0.476 e. The highest BCUT2D eigenvalue weighted by Crippen LogP contribution is 2.18. The molecule has 9 heteroatoms. The van der Waals surface area contributed by atoms with Crippen molar-refractivity contribution < 1.29 is 15.0 Å². The van der Waals surface area contributed by atoms with Crippen LogP contribution >= 0.6 is 0 Å². The molecule has 3 aromatic heterocycles. The van der Waals surface area contributed by atoms with Gasteiger partial charge in [-0.2, -0.15) is 5.21 Å². The smallest absolute Gasteiger partial charge is 0.356 e. The Hall–Kier alpha value is -2.81. The molecule has 0 saturated carbocycles. The number of imidazole rings is 1. The van der Waals surface area contributed by atoms with Crippen LogP contribution in [0.3, 0.4) is 0 Å². The van der Waals surface area contributed by atoms with Gasteiger partial charge in [-0.3, -0.25) is 0 Å². The second-order valence-electron chi connectivity index (χ2n) is 4.19. The summed E-state index contributed by atoms with van der Waals surface area (Å²) in [5, 5.41) is 32.0. The Kier molecular flexibility index (Phi) is 2.88. The molecular formula is C11H10N6O3. The van der Waals surface area contributed by atoms with E-state index >= 15 is 0 Å². The summed E-state index contributed by atoms with van der Waals surface area (Å²) in [5.74, 6) is -0.921. The molecule has 20 heavy (non-hydrogen) atoms. The Morgan fingerprint density at radius 1 is 1.50 bits per heavy atom. The lowest BCUT2D eigenvalue weighted by atomic mass is 10.1. The van der Waals surface area contributed by atoms with Crippen molar-refractivity contribution in [1.29, 1.82) is 0 Å². The molecule has 0 saturated heterocycles. The summed E-state index contributed by atoms with van der Waals surface area (Å²) in [7, 11) is 0. The topological polar surface area (TPSA) is 129 Å². The molecule has 3 heterocycles. The molecule has 0 radical (unpaired) electrons. The van der Waals surface area contributed by atoms with Crippen LogP contribution in [-0.2, 0) is 6.42 Å². The van der Waals surface area contributed by atoms with Crippen LogP contribution in [0, 0.1) is 0 Å². The van der Waals surface area contributed by atoms with Crippen molar-refractivity contribution in [3.63, 3.8) is 0 Å². The van der Waals surface area contributed by atoms with E-state index in [9.17, 15) is 9.90 Å². The maximum Gasteiger partial charge on any atom is 0.356 e. The van der Waals surface area contributed by atoms with Crippen LogP contribution in [0.25, 0.3) is 5.65 Å². The van der Waals surface area contributed by atoms with Gasteiger partial charge < -0.3 is 14.6 Å². The normalized spacial score (nSPS) is 12.7. The molecule has 3 aromatic rings. The van der Waals surface area contributed by atoms with Crippen molar-refractivity contribution in [2.75, 3.05) is 0 Å². The number of carbonyl (C=O) groups is 1. The highest BCUT2D eigenvalue weighted by atomic mass is 16.4. The number of aromatic carboxylic acids is 1. The predicted octanol–water partition coefficient (Wildman–Crippen LogP) is -0.178. The summed E-state index contributed by atoms with van der Waals surface area (Å²) in [4.78, 5) is 15.0. The van der Waals surface area contributed by atoms with Crippen LogP contribution < -0.4 is 0 Å². The average Bonchev–Trinajstić information content (AvgIpc) is 3.08. The van der Waals surface area contributed by atoms with Crippen molar-refractivity contribution >= 4 is 11.6 Å². The first-order chi connectivity index (χ1) is 9.65. The molecule has 0 aliphatic rings. The molecule has 3 N–H and O–H groups in total. The van der Waals surface area contributed by atoms with E-state index in [1.54, 1.807) is 22.7 Å². The number of nitrogens with zero attached hydrogens (tertiary/aromatic N) is 5. The number of H-pyrrole nitrogens is 1. The zero-order valence-corrected chi connectivity index (χ0v) is 10.1. The standard InChI is InChI=1S/C11H10N6O3/c18-8(9-13-15-16-14-9)4-6-2-1-3-17-5-7(11(19)20)12-10(6)17/h1-3,5,8,18H,4H2,(H,19,20)(H,13,14,15,16). The second-order valence-corrected chi connectivity index (χ2v) is 4.19.